The molecule has 1 N–H and O–H groups in total. The summed E-state index contributed by atoms with van der Waals surface area (Å²) in [5, 5.41) is 9.47. The van der Waals surface area contributed by atoms with Crippen molar-refractivity contribution in [3.8, 4) is 0 Å². The molecule has 1 fully saturated rings. The van der Waals surface area contributed by atoms with Crippen molar-refractivity contribution in [2.24, 2.45) is 0 Å². The van der Waals surface area contributed by atoms with Crippen LogP contribution in [0.25, 0.3) is 0 Å². The smallest absolute Gasteiger partial charge is 0.200 e. The fourth-order valence-electron chi connectivity index (χ4n) is 5.08. The minimum Gasteiger partial charge on any atom is -0.413 e. The van der Waals surface area contributed by atoms with Crippen molar-refractivity contribution in [3.63, 3.8) is 0 Å². The number of hydrogen-bond donors (Lipinski definition) is 1. The van der Waals surface area contributed by atoms with Crippen LogP contribution in [0.4, 0.5) is 0 Å². The third kappa shape index (κ3) is 6.81. The van der Waals surface area contributed by atoms with Gasteiger partial charge in [-0.2, -0.15) is 0 Å². The zero-order valence-corrected chi connectivity index (χ0v) is 20.4. The molecule has 0 radical (unpaired) electrons. The third-order valence-corrected chi connectivity index (χ3v) is 12.4. The second kappa shape index (κ2) is 10.7. The highest BCUT2D eigenvalue weighted by atomic mass is 28.4. The van der Waals surface area contributed by atoms with Crippen LogP contribution in [0, 0.1) is 0 Å². The van der Waals surface area contributed by atoms with Crippen LogP contribution >= 0.6 is 0 Å². The van der Waals surface area contributed by atoms with Gasteiger partial charge in [0.15, 0.2) is 5.79 Å². The Balaban J connectivity index is 2.39. The van der Waals surface area contributed by atoms with Gasteiger partial charge in [-0.3, -0.25) is 0 Å². The van der Waals surface area contributed by atoms with Gasteiger partial charge in [0.05, 0.1) is 12.7 Å². The molecule has 1 aliphatic heterocycles. The first-order chi connectivity index (χ1) is 12.5. The molecule has 1 heterocycles. The van der Waals surface area contributed by atoms with Crippen molar-refractivity contribution >= 4 is 8.32 Å². The number of rotatable bonds is 12. The van der Waals surface area contributed by atoms with E-state index < -0.39 is 14.1 Å². The van der Waals surface area contributed by atoms with Gasteiger partial charge in [-0.15, -0.1) is 0 Å². The summed E-state index contributed by atoms with van der Waals surface area (Å²) in [5.41, 5.74) is 1.91. The molecule has 0 spiro atoms. The Morgan fingerprint density at radius 3 is 1.85 bits per heavy atom. The fourth-order valence-corrected chi connectivity index (χ4v) is 10.7. The summed E-state index contributed by atoms with van der Waals surface area (Å²) in [6.07, 6.45) is 5.70. The van der Waals surface area contributed by atoms with E-state index in [9.17, 15) is 5.11 Å². The Bertz CT molecular complexity index is 401. The van der Waals surface area contributed by atoms with E-state index in [0.29, 0.717) is 22.7 Å². The minimum absolute atomic E-state index is 0.0153. The molecular weight excluding hydrogens is 356 g/mol. The number of aliphatic hydroxyl groups is 1. The lowest BCUT2D eigenvalue weighted by Crippen LogP contribution is -2.49. The van der Waals surface area contributed by atoms with Gasteiger partial charge in [-0.1, -0.05) is 60.8 Å². The van der Waals surface area contributed by atoms with E-state index in [1.807, 2.05) is 13.8 Å². The predicted octanol–water partition coefficient (Wildman–Crippen LogP) is 6.03. The molecule has 0 bridgehead atoms. The maximum Gasteiger partial charge on any atom is 0.200 e. The van der Waals surface area contributed by atoms with E-state index in [0.717, 1.165) is 19.3 Å². The van der Waals surface area contributed by atoms with E-state index in [1.165, 1.54) is 12.8 Å². The molecule has 162 valence electrons. The first-order valence-corrected chi connectivity index (χ1v) is 13.2. The quantitative estimate of drug-likeness (QED) is 0.320. The largest absolute Gasteiger partial charge is 0.413 e. The van der Waals surface area contributed by atoms with E-state index in [1.54, 1.807) is 0 Å². The van der Waals surface area contributed by atoms with Crippen LogP contribution in [-0.4, -0.2) is 44.1 Å². The molecule has 0 amide bonds. The molecule has 4 nitrogen and oxygen atoms in total. The molecule has 0 aromatic rings. The highest BCUT2D eigenvalue weighted by Crippen LogP contribution is 2.43. The summed E-state index contributed by atoms with van der Waals surface area (Å²) in [6, 6.07) is 0. The summed E-state index contributed by atoms with van der Waals surface area (Å²) in [7, 11) is -1.77. The van der Waals surface area contributed by atoms with Gasteiger partial charge in [0, 0.05) is 6.10 Å². The first kappa shape index (κ1) is 25.1. The molecule has 0 aliphatic carbocycles. The van der Waals surface area contributed by atoms with Crippen LogP contribution in [0.3, 0.4) is 0 Å². The first-order valence-electron chi connectivity index (χ1n) is 11.1. The van der Waals surface area contributed by atoms with Crippen LogP contribution in [0.2, 0.25) is 16.6 Å². The van der Waals surface area contributed by atoms with Crippen molar-refractivity contribution in [3.05, 3.63) is 0 Å². The molecule has 0 unspecified atom stereocenters. The van der Waals surface area contributed by atoms with E-state index >= 15 is 0 Å². The SMILES string of the molecule is CC(C)[Si](O[C@H](C)CCCCC[C@@H]1OC(C)(C)O[C@@H]1CO)(C(C)C)C(C)C. The lowest BCUT2D eigenvalue weighted by molar-refractivity contribution is -0.149. The van der Waals surface area contributed by atoms with Crippen LogP contribution in [0.5, 0.6) is 0 Å². The van der Waals surface area contributed by atoms with Gasteiger partial charge in [0.25, 0.3) is 0 Å². The van der Waals surface area contributed by atoms with Crippen LogP contribution in [-0.2, 0) is 13.9 Å². The average Bonchev–Trinajstić information content (AvgIpc) is 2.85. The highest BCUT2D eigenvalue weighted by Gasteiger charge is 2.46. The Hall–Kier alpha value is 0.0569. The topological polar surface area (TPSA) is 47.9 Å². The van der Waals surface area contributed by atoms with E-state index in [4.69, 9.17) is 13.9 Å². The monoisotopic (exact) mass is 402 g/mol. The van der Waals surface area contributed by atoms with Crippen molar-refractivity contribution in [2.75, 3.05) is 6.61 Å². The van der Waals surface area contributed by atoms with Crippen molar-refractivity contribution in [1.82, 2.24) is 0 Å². The fraction of sp³-hybridized carbons (Fsp3) is 1.00. The van der Waals surface area contributed by atoms with Crippen LogP contribution in [0.1, 0.15) is 94.4 Å². The molecule has 0 aromatic heterocycles. The van der Waals surface area contributed by atoms with Crippen LogP contribution < -0.4 is 0 Å². The molecule has 3 atom stereocenters. The van der Waals surface area contributed by atoms with Gasteiger partial charge in [0.1, 0.15) is 6.10 Å². The average molecular weight is 403 g/mol. The molecule has 1 saturated heterocycles. The second-order valence-electron chi connectivity index (χ2n) is 9.78. The third-order valence-electron chi connectivity index (χ3n) is 6.18. The Morgan fingerprint density at radius 1 is 0.852 bits per heavy atom. The maximum absolute atomic E-state index is 9.47. The van der Waals surface area contributed by atoms with E-state index in [2.05, 4.69) is 48.5 Å². The maximum atomic E-state index is 9.47. The Morgan fingerprint density at radius 2 is 1.37 bits per heavy atom. The zero-order valence-electron chi connectivity index (χ0n) is 19.4. The molecule has 1 aliphatic rings. The standard InChI is InChI=1S/C22H46O4Si/c1-16(2)27(17(3)4,18(5)6)26-19(7)13-11-10-12-14-20-21(15-23)25-22(8,9)24-20/h16-21,23H,10-15H2,1-9H3/t19-,20+,21-/m1/s1. The van der Waals surface area contributed by atoms with Crippen molar-refractivity contribution in [2.45, 2.75) is 135 Å². The molecule has 0 aromatic carbocycles. The summed E-state index contributed by atoms with van der Waals surface area (Å²) in [6.45, 7) is 20.2. The van der Waals surface area contributed by atoms with Gasteiger partial charge < -0.3 is 19.0 Å². The van der Waals surface area contributed by atoms with Gasteiger partial charge in [0.2, 0.25) is 8.32 Å². The van der Waals surface area contributed by atoms with Gasteiger partial charge >= 0.3 is 0 Å². The number of ether oxygens (including phenoxy) is 2. The summed E-state index contributed by atoms with van der Waals surface area (Å²) in [5.74, 6) is -0.571. The lowest BCUT2D eigenvalue weighted by Gasteiger charge is -2.44. The van der Waals surface area contributed by atoms with Crippen LogP contribution in [0.15, 0.2) is 0 Å². The number of unbranched alkanes of at least 4 members (excludes halogenated alkanes) is 2. The number of hydrogen-bond acceptors (Lipinski definition) is 4. The van der Waals surface area contributed by atoms with Crippen molar-refractivity contribution < 1.29 is 19.0 Å². The summed E-state index contributed by atoms with van der Waals surface area (Å²) in [4.78, 5) is 0. The van der Waals surface area contributed by atoms with E-state index in [-0.39, 0.29) is 18.8 Å². The van der Waals surface area contributed by atoms with Gasteiger partial charge in [-0.25, -0.2) is 0 Å². The normalized spacial score (nSPS) is 24.3. The Kier molecular flexibility index (Phi) is 9.97. The zero-order chi connectivity index (χ0) is 20.8. The Labute approximate surface area is 169 Å². The lowest BCUT2D eigenvalue weighted by atomic mass is 10.0. The molecule has 27 heavy (non-hydrogen) atoms. The molecule has 1 rings (SSSR count). The summed E-state index contributed by atoms with van der Waals surface area (Å²) < 4.78 is 18.5. The van der Waals surface area contributed by atoms with Crippen molar-refractivity contribution in [1.29, 1.82) is 0 Å². The van der Waals surface area contributed by atoms with Gasteiger partial charge in [-0.05, 0) is 50.2 Å². The molecular formula is C22H46O4Si. The molecule has 5 heteroatoms. The highest BCUT2D eigenvalue weighted by molar-refractivity contribution is 6.77. The number of aliphatic hydroxyl groups excluding tert-OH is 1. The predicted molar refractivity (Wildman–Crippen MR) is 116 cm³/mol. The summed E-state index contributed by atoms with van der Waals surface area (Å²) >= 11 is 0. The molecule has 0 saturated carbocycles. The second-order valence-corrected chi connectivity index (χ2v) is 15.2. The minimum atomic E-state index is -1.77.